The first-order valence-electron chi connectivity index (χ1n) is 11.1. The molecule has 1 atom stereocenters. The maximum absolute atomic E-state index is 6.50. The van der Waals surface area contributed by atoms with Gasteiger partial charge in [0.2, 0.25) is 0 Å². The molecule has 2 aliphatic heterocycles. The summed E-state index contributed by atoms with van der Waals surface area (Å²) in [7, 11) is 4.17. The molecule has 1 aromatic heterocycles. The van der Waals surface area contributed by atoms with Gasteiger partial charge in [0.15, 0.2) is 0 Å². The molecule has 29 heavy (non-hydrogen) atoms. The summed E-state index contributed by atoms with van der Waals surface area (Å²) in [6.45, 7) is 9.85. The molecule has 6 nitrogen and oxygen atoms in total. The minimum absolute atomic E-state index is 0.275. The molecule has 161 valence electrons. The molecule has 1 aliphatic carbocycles. The fourth-order valence-corrected chi connectivity index (χ4v) is 5.97. The van der Waals surface area contributed by atoms with Crippen LogP contribution in [0.2, 0.25) is 0 Å². The van der Waals surface area contributed by atoms with Gasteiger partial charge in [0.1, 0.15) is 0 Å². The van der Waals surface area contributed by atoms with Gasteiger partial charge in [-0.05, 0) is 0 Å². The monoisotopic (exact) mass is 597 g/mol. The van der Waals surface area contributed by atoms with E-state index in [-0.39, 0.29) is 6.04 Å². The van der Waals surface area contributed by atoms with E-state index in [1.807, 2.05) is 20.0 Å². The molecule has 1 spiro atoms. The topological polar surface area (TPSA) is 49.9 Å². The van der Waals surface area contributed by atoms with Gasteiger partial charge >= 0.3 is 179 Å². The maximum atomic E-state index is 6.50. The normalized spacial score (nSPS) is 23.0. The van der Waals surface area contributed by atoms with Crippen molar-refractivity contribution < 1.29 is 9.47 Å². The van der Waals surface area contributed by atoms with E-state index < -0.39 is 0 Å². The Hall–Kier alpha value is -0.288. The van der Waals surface area contributed by atoms with Crippen LogP contribution in [0.4, 0.5) is 0 Å². The van der Waals surface area contributed by atoms with Crippen LogP contribution in [-0.2, 0) is 11.2 Å². The van der Waals surface area contributed by atoms with Crippen molar-refractivity contribution >= 4 is 25.8 Å². The predicted molar refractivity (Wildman–Crippen MR) is 118 cm³/mol. The molecule has 3 aliphatic rings. The summed E-state index contributed by atoms with van der Waals surface area (Å²) in [4.78, 5) is 9.42. The van der Waals surface area contributed by atoms with E-state index in [2.05, 4.69) is 35.3 Å². The summed E-state index contributed by atoms with van der Waals surface area (Å²) in [6.07, 6.45) is 5.67. The third-order valence-electron chi connectivity index (χ3n) is 6.22. The zero-order valence-corrected chi connectivity index (χ0v) is 22.4. The number of rotatable bonds is 8. The molecular weight excluding hydrogens is 559 g/mol. The van der Waals surface area contributed by atoms with Crippen molar-refractivity contribution in [2.75, 3.05) is 57.6 Å². The number of nitrogens with one attached hydrogen (secondary N) is 1. The van der Waals surface area contributed by atoms with Gasteiger partial charge in [-0.2, -0.15) is 0 Å². The van der Waals surface area contributed by atoms with Crippen molar-refractivity contribution in [2.45, 2.75) is 45.3 Å². The number of pyridine rings is 1. The zero-order valence-electron chi connectivity index (χ0n) is 18.5. The second-order valence-corrected chi connectivity index (χ2v) is 9.76. The standard InChI is InChI=1S/C20H31N4O2.C2H6.Pb/c1-23(2)8-9-25-12-17-19-16(5-7-24(17)3)22-6-4-18(19)26-15-10-20(11-15)13-21-14-20;1-2;/h4,6,15,17,21H,3,5,7-14H2,1-2H3;1-2H3;. The van der Waals surface area contributed by atoms with Crippen molar-refractivity contribution in [1.29, 1.82) is 0 Å². The van der Waals surface area contributed by atoms with E-state index in [9.17, 15) is 0 Å². The van der Waals surface area contributed by atoms with Crippen LogP contribution in [-0.4, -0.2) is 104 Å². The number of nitrogens with zero attached hydrogens (tertiary/aromatic N) is 3. The van der Waals surface area contributed by atoms with Crippen LogP contribution in [0.3, 0.4) is 0 Å². The Morgan fingerprint density at radius 1 is 1.31 bits per heavy atom. The molecule has 1 N–H and O–H groups in total. The summed E-state index contributed by atoms with van der Waals surface area (Å²) in [5.74, 6) is 1.05. The summed E-state index contributed by atoms with van der Waals surface area (Å²) in [5.41, 5.74) is 3.03. The van der Waals surface area contributed by atoms with Crippen LogP contribution in [0.5, 0.6) is 5.75 Å². The molecule has 1 saturated carbocycles. The Morgan fingerprint density at radius 2 is 2.07 bits per heavy atom. The van der Waals surface area contributed by atoms with Crippen molar-refractivity contribution in [3.8, 4) is 5.75 Å². The van der Waals surface area contributed by atoms with Crippen LogP contribution in [0, 0.1) is 5.41 Å². The second kappa shape index (κ2) is 10.8. The molecule has 1 saturated heterocycles. The Kier molecular flexibility index (Phi) is 8.74. The van der Waals surface area contributed by atoms with Gasteiger partial charge in [-0.25, -0.2) is 0 Å². The number of hydrogen-bond donors (Lipinski definition) is 1. The van der Waals surface area contributed by atoms with Gasteiger partial charge in [-0.3, -0.25) is 0 Å². The molecule has 7 heteroatoms. The van der Waals surface area contributed by atoms with Crippen LogP contribution in [0.1, 0.15) is 44.0 Å². The van der Waals surface area contributed by atoms with Crippen LogP contribution in [0.15, 0.2) is 12.3 Å². The second-order valence-electron chi connectivity index (χ2n) is 8.54. The molecular formula is C22H37N4O2Pb. The van der Waals surface area contributed by atoms with Gasteiger partial charge in [0.25, 0.3) is 0 Å². The first-order valence-corrected chi connectivity index (χ1v) is 13.8. The fraction of sp³-hybridized carbons (Fsp3) is 0.773. The van der Waals surface area contributed by atoms with Crippen LogP contribution in [0.25, 0.3) is 0 Å². The zero-order chi connectivity index (χ0) is 20.9. The fourth-order valence-electron chi connectivity index (χ4n) is 4.50. The molecule has 1 unspecified atom stereocenters. The number of likely N-dealkylation sites (N-methyl/N-ethyl adjacent to an activating group) is 1. The Balaban J connectivity index is 0.00000117. The van der Waals surface area contributed by atoms with Crippen LogP contribution >= 0.6 is 0 Å². The number of ether oxygens (including phenoxy) is 2. The molecule has 3 heterocycles. The quantitative estimate of drug-likeness (QED) is 0.365. The SMILES string of the molecule is CC.CN(C)CCOCC1c2c(OC3CC4(CNC4)C3)ccnc2CCN1[CH2][Pb]. The van der Waals surface area contributed by atoms with Gasteiger partial charge < -0.3 is 0 Å². The Bertz CT molecular complexity index is 646. The third kappa shape index (κ3) is 5.50. The predicted octanol–water partition coefficient (Wildman–Crippen LogP) is 1.84. The van der Waals surface area contributed by atoms with Crippen molar-refractivity contribution in [3.63, 3.8) is 0 Å². The molecule has 0 amide bonds. The minimum atomic E-state index is 0.275. The summed E-state index contributed by atoms with van der Waals surface area (Å²) in [6, 6.07) is 2.35. The van der Waals surface area contributed by atoms with Gasteiger partial charge in [0, 0.05) is 0 Å². The molecule has 0 aromatic carbocycles. The summed E-state index contributed by atoms with van der Waals surface area (Å²) >= 11 is 1.17. The first-order chi connectivity index (χ1) is 14.1. The van der Waals surface area contributed by atoms with Crippen molar-refractivity contribution in [3.05, 3.63) is 23.5 Å². The Labute approximate surface area is 192 Å². The molecule has 3 radical (unpaired) electrons. The van der Waals surface area contributed by atoms with E-state index in [4.69, 9.17) is 14.5 Å². The Morgan fingerprint density at radius 3 is 2.69 bits per heavy atom. The molecule has 2 fully saturated rings. The average molecular weight is 597 g/mol. The number of fused-ring (bicyclic) bond motifs is 1. The van der Waals surface area contributed by atoms with Crippen LogP contribution < -0.4 is 10.1 Å². The average Bonchev–Trinajstić information content (AvgIpc) is 2.67. The van der Waals surface area contributed by atoms with E-state index in [1.54, 1.807) is 0 Å². The van der Waals surface area contributed by atoms with Gasteiger partial charge in [0.05, 0.1) is 0 Å². The summed E-state index contributed by atoms with van der Waals surface area (Å²) in [5, 5.41) is 3.41. The number of hydrogen-bond acceptors (Lipinski definition) is 6. The van der Waals surface area contributed by atoms with E-state index in [0.717, 1.165) is 55.7 Å². The van der Waals surface area contributed by atoms with Crippen molar-refractivity contribution in [2.24, 2.45) is 5.41 Å². The van der Waals surface area contributed by atoms with Gasteiger partial charge in [-0.15, -0.1) is 0 Å². The molecule has 1 aromatic rings. The van der Waals surface area contributed by atoms with E-state index in [0.29, 0.717) is 11.5 Å². The summed E-state index contributed by atoms with van der Waals surface area (Å²) < 4.78 is 13.7. The number of aromatic nitrogens is 1. The van der Waals surface area contributed by atoms with E-state index in [1.165, 1.54) is 49.9 Å². The van der Waals surface area contributed by atoms with Gasteiger partial charge in [-0.1, -0.05) is 13.8 Å². The third-order valence-corrected chi connectivity index (χ3v) is 7.80. The van der Waals surface area contributed by atoms with E-state index >= 15 is 0 Å². The molecule has 0 bridgehead atoms. The van der Waals surface area contributed by atoms with Crippen molar-refractivity contribution in [1.82, 2.24) is 20.1 Å². The first kappa shape index (κ1) is 23.4. The molecule has 4 rings (SSSR count).